The maximum atomic E-state index is 13.3. The minimum atomic E-state index is -0.105. The Balaban J connectivity index is 1.69. The zero-order valence-corrected chi connectivity index (χ0v) is 17.4. The minimum Gasteiger partial charge on any atom is -0.497 e. The van der Waals surface area contributed by atoms with Crippen molar-refractivity contribution < 1.29 is 9.53 Å². The second-order valence-corrected chi connectivity index (χ2v) is 7.84. The van der Waals surface area contributed by atoms with Crippen molar-refractivity contribution in [1.29, 1.82) is 0 Å². The number of hydrogen-bond donors (Lipinski definition) is 1. The number of carbonyl (C=O) groups excluding carboxylic acids is 1. The first kappa shape index (κ1) is 19.6. The van der Waals surface area contributed by atoms with Crippen molar-refractivity contribution in [2.45, 2.75) is 38.3 Å². The molecular formula is C22H29N5O2. The van der Waals surface area contributed by atoms with Crippen LogP contribution in [0.2, 0.25) is 0 Å². The Morgan fingerprint density at radius 2 is 2.10 bits per heavy atom. The van der Waals surface area contributed by atoms with Crippen molar-refractivity contribution in [3.05, 3.63) is 46.9 Å². The number of likely N-dealkylation sites (tertiary alicyclic amines) is 1. The van der Waals surface area contributed by atoms with E-state index in [1.165, 1.54) is 5.56 Å². The number of hydrogen-bond acceptors (Lipinski definition) is 6. The van der Waals surface area contributed by atoms with Crippen LogP contribution in [0.4, 0.5) is 5.82 Å². The number of ether oxygens (including phenoxy) is 1. The van der Waals surface area contributed by atoms with Gasteiger partial charge in [0, 0.05) is 37.8 Å². The molecule has 3 heterocycles. The molecule has 1 saturated heterocycles. The van der Waals surface area contributed by atoms with E-state index < -0.39 is 0 Å². The van der Waals surface area contributed by atoms with E-state index in [9.17, 15) is 4.79 Å². The number of likely N-dealkylation sites (N-methyl/N-ethyl adjacent to an activating group) is 1. The highest BCUT2D eigenvalue weighted by molar-refractivity contribution is 5.95. The topological polar surface area (TPSA) is 70.6 Å². The Kier molecular flexibility index (Phi) is 5.67. The number of carbonyl (C=O) groups is 1. The lowest BCUT2D eigenvalue weighted by atomic mass is 9.98. The molecule has 1 amide bonds. The van der Waals surface area contributed by atoms with Crippen LogP contribution in [0.25, 0.3) is 0 Å². The van der Waals surface area contributed by atoms with Crippen molar-refractivity contribution in [3.8, 4) is 5.75 Å². The van der Waals surface area contributed by atoms with Crippen molar-refractivity contribution in [1.82, 2.24) is 19.8 Å². The Hall–Kier alpha value is -2.67. The van der Waals surface area contributed by atoms with Crippen LogP contribution in [-0.2, 0) is 13.0 Å². The fourth-order valence-corrected chi connectivity index (χ4v) is 4.30. The smallest absolute Gasteiger partial charge is 0.254 e. The molecule has 1 unspecified atom stereocenters. The maximum absolute atomic E-state index is 13.3. The number of aromatic nitrogens is 2. The van der Waals surface area contributed by atoms with Gasteiger partial charge in [0.15, 0.2) is 5.82 Å². The molecule has 4 rings (SSSR count). The molecule has 2 aliphatic rings. The number of rotatable bonds is 4. The van der Waals surface area contributed by atoms with Crippen molar-refractivity contribution in [3.63, 3.8) is 0 Å². The highest BCUT2D eigenvalue weighted by Gasteiger charge is 2.32. The van der Waals surface area contributed by atoms with Crippen LogP contribution in [0.15, 0.2) is 24.3 Å². The number of nitrogens with one attached hydrogen (secondary N) is 1. The Morgan fingerprint density at radius 3 is 2.90 bits per heavy atom. The summed E-state index contributed by atoms with van der Waals surface area (Å²) >= 11 is 0. The zero-order chi connectivity index (χ0) is 20.4. The standard InChI is InChI=1S/C22H29N5O2/c1-23-20-17-10-12-26(2)14-18(17)24-21(25-20)19-9-4-5-11-27(19)22(28)15-7-6-8-16(13-15)29-3/h6-8,13,19H,4-5,9-12,14H2,1-3H3,(H,23,24,25). The Bertz CT molecular complexity index is 901. The predicted molar refractivity (Wildman–Crippen MR) is 112 cm³/mol. The Morgan fingerprint density at radius 1 is 1.24 bits per heavy atom. The Labute approximate surface area is 172 Å². The summed E-state index contributed by atoms with van der Waals surface area (Å²) in [6, 6.07) is 7.25. The molecule has 1 aromatic heterocycles. The largest absolute Gasteiger partial charge is 0.497 e. The van der Waals surface area contributed by atoms with Gasteiger partial charge in [-0.15, -0.1) is 0 Å². The molecule has 29 heavy (non-hydrogen) atoms. The van der Waals surface area contributed by atoms with Crippen LogP contribution in [0.5, 0.6) is 5.75 Å². The number of nitrogens with zero attached hydrogens (tertiary/aromatic N) is 4. The number of fused-ring (bicyclic) bond motifs is 1. The fourth-order valence-electron chi connectivity index (χ4n) is 4.30. The van der Waals surface area contributed by atoms with Gasteiger partial charge in [0.25, 0.3) is 5.91 Å². The first-order valence-corrected chi connectivity index (χ1v) is 10.3. The lowest BCUT2D eigenvalue weighted by Crippen LogP contribution is -2.40. The third kappa shape index (κ3) is 3.92. The molecule has 0 saturated carbocycles. The van der Waals surface area contributed by atoms with Gasteiger partial charge in [-0.2, -0.15) is 0 Å². The van der Waals surface area contributed by atoms with E-state index in [-0.39, 0.29) is 11.9 Å². The molecule has 1 aromatic carbocycles. The zero-order valence-electron chi connectivity index (χ0n) is 17.4. The van der Waals surface area contributed by atoms with Crippen molar-refractivity contribution in [2.75, 3.05) is 39.6 Å². The van der Waals surface area contributed by atoms with Gasteiger partial charge >= 0.3 is 0 Å². The van der Waals surface area contributed by atoms with E-state index in [0.29, 0.717) is 11.3 Å². The van der Waals surface area contributed by atoms with Crippen LogP contribution in [0.1, 0.15) is 52.7 Å². The summed E-state index contributed by atoms with van der Waals surface area (Å²) in [5.41, 5.74) is 2.92. The maximum Gasteiger partial charge on any atom is 0.254 e. The van der Waals surface area contributed by atoms with Gasteiger partial charge in [-0.3, -0.25) is 4.79 Å². The summed E-state index contributed by atoms with van der Waals surface area (Å²) in [6.07, 6.45) is 3.90. The number of piperidine rings is 1. The molecule has 1 N–H and O–H groups in total. The molecule has 0 spiro atoms. The van der Waals surface area contributed by atoms with Crippen LogP contribution in [0.3, 0.4) is 0 Å². The number of benzene rings is 1. The van der Waals surface area contributed by atoms with Gasteiger partial charge in [-0.1, -0.05) is 6.07 Å². The summed E-state index contributed by atoms with van der Waals surface area (Å²) in [7, 11) is 5.64. The summed E-state index contributed by atoms with van der Waals surface area (Å²) < 4.78 is 5.30. The van der Waals surface area contributed by atoms with E-state index in [2.05, 4.69) is 17.3 Å². The molecule has 154 valence electrons. The number of anilines is 1. The van der Waals surface area contributed by atoms with E-state index in [4.69, 9.17) is 14.7 Å². The van der Waals surface area contributed by atoms with Crippen LogP contribution < -0.4 is 10.1 Å². The highest BCUT2D eigenvalue weighted by Crippen LogP contribution is 2.33. The van der Waals surface area contributed by atoms with Crippen molar-refractivity contribution in [2.24, 2.45) is 0 Å². The fraction of sp³-hybridized carbons (Fsp3) is 0.500. The van der Waals surface area contributed by atoms with E-state index in [1.54, 1.807) is 13.2 Å². The van der Waals surface area contributed by atoms with Crippen LogP contribution >= 0.6 is 0 Å². The molecule has 1 fully saturated rings. The summed E-state index contributed by atoms with van der Waals surface area (Å²) in [5.74, 6) is 2.35. The monoisotopic (exact) mass is 395 g/mol. The molecule has 0 aliphatic carbocycles. The average molecular weight is 396 g/mol. The molecule has 0 bridgehead atoms. The molecule has 0 radical (unpaired) electrons. The van der Waals surface area contributed by atoms with Crippen LogP contribution in [-0.4, -0.2) is 60.0 Å². The minimum absolute atomic E-state index is 0.0121. The first-order chi connectivity index (χ1) is 14.1. The van der Waals surface area contributed by atoms with Gasteiger partial charge in [-0.25, -0.2) is 9.97 Å². The summed E-state index contributed by atoms with van der Waals surface area (Å²) in [6.45, 7) is 2.54. The highest BCUT2D eigenvalue weighted by atomic mass is 16.5. The molecule has 2 aromatic rings. The molecular weight excluding hydrogens is 366 g/mol. The van der Waals surface area contributed by atoms with Crippen LogP contribution in [0, 0.1) is 0 Å². The molecule has 1 atom stereocenters. The number of amides is 1. The van der Waals surface area contributed by atoms with Gasteiger partial charge < -0.3 is 19.9 Å². The van der Waals surface area contributed by atoms with Gasteiger partial charge in [0.1, 0.15) is 11.6 Å². The van der Waals surface area contributed by atoms with Gasteiger partial charge in [0.05, 0.1) is 18.8 Å². The van der Waals surface area contributed by atoms with E-state index in [0.717, 1.165) is 62.7 Å². The lowest BCUT2D eigenvalue weighted by Gasteiger charge is -2.36. The van der Waals surface area contributed by atoms with Crippen molar-refractivity contribution >= 4 is 11.7 Å². The van der Waals surface area contributed by atoms with Gasteiger partial charge in [-0.05, 0) is 50.9 Å². The molecule has 7 nitrogen and oxygen atoms in total. The van der Waals surface area contributed by atoms with E-state index in [1.807, 2.05) is 30.1 Å². The number of methoxy groups -OCH3 is 1. The predicted octanol–water partition coefficient (Wildman–Crippen LogP) is 2.88. The lowest BCUT2D eigenvalue weighted by molar-refractivity contribution is 0.0599. The second-order valence-electron chi connectivity index (χ2n) is 7.84. The third-order valence-corrected chi connectivity index (χ3v) is 5.89. The quantitative estimate of drug-likeness (QED) is 0.858. The molecule has 7 heteroatoms. The summed E-state index contributed by atoms with van der Waals surface area (Å²) in [4.78, 5) is 27.3. The normalized spacial score (nSPS) is 19.6. The van der Waals surface area contributed by atoms with E-state index >= 15 is 0 Å². The summed E-state index contributed by atoms with van der Waals surface area (Å²) in [5, 5.41) is 3.25. The second kappa shape index (κ2) is 8.37. The molecule has 2 aliphatic heterocycles. The SMILES string of the molecule is CNc1nc(C2CCCCN2C(=O)c2cccc(OC)c2)nc2c1CCN(C)C2. The average Bonchev–Trinajstić information content (AvgIpc) is 2.77. The van der Waals surface area contributed by atoms with Gasteiger partial charge in [0.2, 0.25) is 0 Å². The first-order valence-electron chi connectivity index (χ1n) is 10.3. The third-order valence-electron chi connectivity index (χ3n) is 5.89.